The summed E-state index contributed by atoms with van der Waals surface area (Å²) in [5, 5.41) is 17.5. The molecule has 1 fully saturated rings. The molecule has 1 rings (SSSR count). The SMILES string of the molecule is COCCCC(NC(=O)NC1CCNCC1)C(=O)O. The van der Waals surface area contributed by atoms with E-state index < -0.39 is 18.0 Å². The van der Waals surface area contributed by atoms with Crippen molar-refractivity contribution < 1.29 is 19.4 Å². The summed E-state index contributed by atoms with van der Waals surface area (Å²) in [5.41, 5.74) is 0. The first-order chi connectivity index (χ1) is 9.13. The van der Waals surface area contributed by atoms with Gasteiger partial charge in [0.05, 0.1) is 0 Å². The van der Waals surface area contributed by atoms with Crippen molar-refractivity contribution >= 4 is 12.0 Å². The summed E-state index contributed by atoms with van der Waals surface area (Å²) in [5.74, 6) is -1.02. The highest BCUT2D eigenvalue weighted by Gasteiger charge is 2.21. The molecule has 19 heavy (non-hydrogen) atoms. The number of carbonyl (C=O) groups excluding carboxylic acids is 1. The Hall–Kier alpha value is -1.34. The molecule has 4 N–H and O–H groups in total. The third kappa shape index (κ3) is 6.40. The van der Waals surface area contributed by atoms with Crippen LogP contribution in [0.2, 0.25) is 0 Å². The van der Waals surface area contributed by atoms with Crippen LogP contribution in [-0.4, -0.2) is 56.0 Å². The van der Waals surface area contributed by atoms with Gasteiger partial charge in [-0.05, 0) is 38.8 Å². The molecule has 0 aromatic rings. The van der Waals surface area contributed by atoms with E-state index in [4.69, 9.17) is 9.84 Å². The van der Waals surface area contributed by atoms with Crippen LogP contribution in [0.3, 0.4) is 0 Å². The summed E-state index contributed by atoms with van der Waals surface area (Å²) in [6.45, 7) is 2.24. The lowest BCUT2D eigenvalue weighted by molar-refractivity contribution is -0.139. The molecule has 1 heterocycles. The molecule has 0 bridgehead atoms. The molecular formula is C12H23N3O4. The first-order valence-electron chi connectivity index (χ1n) is 6.63. The van der Waals surface area contributed by atoms with Crippen LogP contribution in [0.1, 0.15) is 25.7 Å². The number of ether oxygens (including phenoxy) is 1. The number of carboxylic acid groups (broad SMARTS) is 1. The quantitative estimate of drug-likeness (QED) is 0.486. The van der Waals surface area contributed by atoms with Crippen molar-refractivity contribution in [2.75, 3.05) is 26.8 Å². The number of nitrogens with one attached hydrogen (secondary N) is 3. The molecule has 1 saturated heterocycles. The van der Waals surface area contributed by atoms with Crippen molar-refractivity contribution in [1.82, 2.24) is 16.0 Å². The van der Waals surface area contributed by atoms with Gasteiger partial charge in [0.2, 0.25) is 0 Å². The van der Waals surface area contributed by atoms with Crippen LogP contribution in [0.5, 0.6) is 0 Å². The Labute approximate surface area is 113 Å². The second-order valence-electron chi connectivity index (χ2n) is 4.67. The molecule has 110 valence electrons. The van der Waals surface area contributed by atoms with Crippen LogP contribution in [0.4, 0.5) is 4.79 Å². The number of hydrogen-bond donors (Lipinski definition) is 4. The zero-order valence-corrected chi connectivity index (χ0v) is 11.3. The zero-order valence-electron chi connectivity index (χ0n) is 11.3. The molecule has 7 nitrogen and oxygen atoms in total. The molecular weight excluding hydrogens is 250 g/mol. The van der Waals surface area contributed by atoms with Crippen LogP contribution in [0, 0.1) is 0 Å². The molecule has 0 saturated carbocycles. The van der Waals surface area contributed by atoms with Crippen LogP contribution in [0.15, 0.2) is 0 Å². The number of carboxylic acids is 1. The average molecular weight is 273 g/mol. The maximum atomic E-state index is 11.7. The minimum Gasteiger partial charge on any atom is -0.480 e. The Morgan fingerprint density at radius 1 is 1.42 bits per heavy atom. The zero-order chi connectivity index (χ0) is 14.1. The van der Waals surface area contributed by atoms with Crippen molar-refractivity contribution in [1.29, 1.82) is 0 Å². The summed E-state index contributed by atoms with van der Waals surface area (Å²) in [6, 6.07) is -1.15. The highest BCUT2D eigenvalue weighted by Crippen LogP contribution is 2.02. The van der Waals surface area contributed by atoms with Crippen LogP contribution in [-0.2, 0) is 9.53 Å². The summed E-state index contributed by atoms with van der Waals surface area (Å²) in [7, 11) is 1.56. The van der Waals surface area contributed by atoms with Crippen molar-refractivity contribution in [2.24, 2.45) is 0 Å². The van der Waals surface area contributed by atoms with Gasteiger partial charge < -0.3 is 25.8 Å². The Morgan fingerprint density at radius 3 is 2.68 bits per heavy atom. The van der Waals surface area contributed by atoms with E-state index in [2.05, 4.69) is 16.0 Å². The normalized spacial score (nSPS) is 17.7. The fourth-order valence-corrected chi connectivity index (χ4v) is 2.04. The lowest BCUT2D eigenvalue weighted by atomic mass is 10.1. The van der Waals surface area contributed by atoms with Crippen molar-refractivity contribution in [3.8, 4) is 0 Å². The van der Waals surface area contributed by atoms with E-state index in [1.54, 1.807) is 7.11 Å². The topological polar surface area (TPSA) is 99.7 Å². The maximum Gasteiger partial charge on any atom is 0.326 e. The number of methoxy groups -OCH3 is 1. The van der Waals surface area contributed by atoms with E-state index in [-0.39, 0.29) is 6.04 Å². The first-order valence-corrected chi connectivity index (χ1v) is 6.63. The van der Waals surface area contributed by atoms with Gasteiger partial charge >= 0.3 is 12.0 Å². The Bertz CT molecular complexity index is 293. The van der Waals surface area contributed by atoms with E-state index in [0.29, 0.717) is 19.4 Å². The van der Waals surface area contributed by atoms with Crippen molar-refractivity contribution in [3.05, 3.63) is 0 Å². The van der Waals surface area contributed by atoms with Gasteiger partial charge in [-0.2, -0.15) is 0 Å². The predicted octanol–water partition coefficient (Wildman–Crippen LogP) is -0.0826. The molecule has 0 radical (unpaired) electrons. The first kappa shape index (κ1) is 15.7. The molecule has 0 spiro atoms. The van der Waals surface area contributed by atoms with E-state index in [1.165, 1.54) is 0 Å². The number of carbonyl (C=O) groups is 2. The van der Waals surface area contributed by atoms with Gasteiger partial charge in [-0.15, -0.1) is 0 Å². The second-order valence-corrected chi connectivity index (χ2v) is 4.67. The van der Waals surface area contributed by atoms with Gasteiger partial charge in [-0.3, -0.25) is 0 Å². The fraction of sp³-hybridized carbons (Fsp3) is 0.833. The smallest absolute Gasteiger partial charge is 0.326 e. The molecule has 1 unspecified atom stereocenters. The standard InChI is InChI=1S/C12H23N3O4/c1-19-8-2-3-10(11(16)17)15-12(18)14-9-4-6-13-7-5-9/h9-10,13H,2-8H2,1H3,(H,16,17)(H2,14,15,18). The van der Waals surface area contributed by atoms with Crippen LogP contribution in [0.25, 0.3) is 0 Å². The lowest BCUT2D eigenvalue weighted by Gasteiger charge is -2.24. The Kier molecular flexibility index (Phi) is 7.20. The van der Waals surface area contributed by atoms with Gasteiger partial charge in [-0.25, -0.2) is 9.59 Å². The number of piperidine rings is 1. The van der Waals surface area contributed by atoms with Crippen molar-refractivity contribution in [3.63, 3.8) is 0 Å². The Morgan fingerprint density at radius 2 is 2.11 bits per heavy atom. The molecule has 1 atom stereocenters. The maximum absolute atomic E-state index is 11.7. The van der Waals surface area contributed by atoms with E-state index >= 15 is 0 Å². The minimum atomic E-state index is -1.02. The van der Waals surface area contributed by atoms with Crippen molar-refractivity contribution in [2.45, 2.75) is 37.8 Å². The molecule has 0 aromatic carbocycles. The predicted molar refractivity (Wildman–Crippen MR) is 70.1 cm³/mol. The van der Waals surface area contributed by atoms with Crippen LogP contribution < -0.4 is 16.0 Å². The number of hydrogen-bond acceptors (Lipinski definition) is 4. The molecule has 1 aliphatic rings. The summed E-state index contributed by atoms with van der Waals surface area (Å²) in [4.78, 5) is 22.7. The second kappa shape index (κ2) is 8.71. The van der Waals surface area contributed by atoms with Gasteiger partial charge in [0.1, 0.15) is 6.04 Å². The summed E-state index contributed by atoms with van der Waals surface area (Å²) in [6.07, 6.45) is 2.70. The molecule has 2 amide bonds. The lowest BCUT2D eigenvalue weighted by Crippen LogP contribution is -2.51. The summed E-state index contributed by atoms with van der Waals surface area (Å²) >= 11 is 0. The number of aliphatic carboxylic acids is 1. The van der Waals surface area contributed by atoms with Gasteiger partial charge in [0.25, 0.3) is 0 Å². The molecule has 7 heteroatoms. The molecule has 0 aliphatic carbocycles. The minimum absolute atomic E-state index is 0.120. The molecule has 1 aliphatic heterocycles. The van der Waals surface area contributed by atoms with E-state index in [9.17, 15) is 9.59 Å². The fourth-order valence-electron chi connectivity index (χ4n) is 2.04. The average Bonchev–Trinajstić information content (AvgIpc) is 2.38. The highest BCUT2D eigenvalue weighted by atomic mass is 16.5. The van der Waals surface area contributed by atoms with Gasteiger partial charge in [-0.1, -0.05) is 0 Å². The largest absolute Gasteiger partial charge is 0.480 e. The van der Waals surface area contributed by atoms with Crippen LogP contribution >= 0.6 is 0 Å². The van der Waals surface area contributed by atoms with E-state index in [0.717, 1.165) is 25.9 Å². The number of amides is 2. The highest BCUT2D eigenvalue weighted by molar-refractivity contribution is 5.82. The Balaban J connectivity index is 2.31. The number of urea groups is 1. The van der Waals surface area contributed by atoms with Gasteiger partial charge in [0, 0.05) is 19.8 Å². The monoisotopic (exact) mass is 273 g/mol. The third-order valence-corrected chi connectivity index (χ3v) is 3.12. The third-order valence-electron chi connectivity index (χ3n) is 3.12. The number of rotatable bonds is 7. The summed E-state index contributed by atoms with van der Waals surface area (Å²) < 4.78 is 4.87. The van der Waals surface area contributed by atoms with Gasteiger partial charge in [0.15, 0.2) is 0 Å². The van der Waals surface area contributed by atoms with E-state index in [1.807, 2.05) is 0 Å². The molecule has 0 aromatic heterocycles.